The number of benzene rings is 1. The first kappa shape index (κ1) is 15.6. The number of para-hydroxylation sites is 2. The second-order valence-electron chi connectivity index (χ2n) is 5.41. The molecule has 1 aromatic rings. The number of nitrogen functional groups attached to an aromatic ring is 1. The van der Waals surface area contributed by atoms with Crippen LogP contribution in [0.15, 0.2) is 24.3 Å². The quantitative estimate of drug-likeness (QED) is 0.757. The summed E-state index contributed by atoms with van der Waals surface area (Å²) in [6.45, 7) is 2.51. The van der Waals surface area contributed by atoms with E-state index >= 15 is 0 Å². The third-order valence-electron chi connectivity index (χ3n) is 3.57. The fourth-order valence-corrected chi connectivity index (χ4v) is 2.35. The zero-order valence-corrected chi connectivity index (χ0v) is 12.4. The summed E-state index contributed by atoms with van der Waals surface area (Å²) in [6.07, 6.45) is 0.266. The Morgan fingerprint density at radius 2 is 2.14 bits per heavy atom. The van der Waals surface area contributed by atoms with Crippen molar-refractivity contribution in [3.05, 3.63) is 24.3 Å². The normalized spacial score (nSPS) is 18.4. The maximum atomic E-state index is 11.8. The van der Waals surface area contributed by atoms with Crippen molar-refractivity contribution in [3.8, 4) is 5.75 Å². The molecule has 21 heavy (non-hydrogen) atoms. The van der Waals surface area contributed by atoms with E-state index in [2.05, 4.69) is 0 Å². The molecule has 0 aliphatic carbocycles. The van der Waals surface area contributed by atoms with Crippen molar-refractivity contribution in [3.63, 3.8) is 0 Å². The molecule has 6 nitrogen and oxygen atoms in total. The minimum atomic E-state index is -0.652. The molecular formula is C15H23N3O3. The van der Waals surface area contributed by atoms with Crippen molar-refractivity contribution < 1.29 is 14.6 Å². The predicted octanol–water partition coefficient (Wildman–Crippen LogP) is 0.173. The first-order valence-corrected chi connectivity index (χ1v) is 7.18. The molecule has 1 unspecified atom stereocenters. The lowest BCUT2D eigenvalue weighted by molar-refractivity contribution is -0.130. The van der Waals surface area contributed by atoms with Crippen LogP contribution in [-0.2, 0) is 4.79 Å². The van der Waals surface area contributed by atoms with Gasteiger partial charge in [-0.2, -0.15) is 0 Å². The van der Waals surface area contributed by atoms with Gasteiger partial charge in [-0.3, -0.25) is 9.69 Å². The fourth-order valence-electron chi connectivity index (χ4n) is 2.35. The van der Waals surface area contributed by atoms with E-state index in [4.69, 9.17) is 10.5 Å². The number of rotatable bonds is 5. The van der Waals surface area contributed by atoms with E-state index in [1.165, 1.54) is 0 Å². The topological polar surface area (TPSA) is 79.0 Å². The number of aliphatic hydroxyl groups is 1. The average Bonchev–Trinajstić information content (AvgIpc) is 2.60. The summed E-state index contributed by atoms with van der Waals surface area (Å²) in [4.78, 5) is 15.5. The zero-order valence-electron chi connectivity index (χ0n) is 12.4. The van der Waals surface area contributed by atoms with Gasteiger partial charge in [-0.25, -0.2) is 0 Å². The van der Waals surface area contributed by atoms with E-state index in [9.17, 15) is 9.90 Å². The van der Waals surface area contributed by atoms with E-state index in [1.54, 1.807) is 17.0 Å². The SMILES string of the molecule is CN1CCCN(CC(O)COc2ccccc2N)CC1=O. The molecule has 0 aromatic heterocycles. The van der Waals surface area contributed by atoms with Crippen LogP contribution in [0.4, 0.5) is 5.69 Å². The molecule has 1 heterocycles. The maximum Gasteiger partial charge on any atom is 0.236 e. The lowest BCUT2D eigenvalue weighted by atomic mass is 10.3. The third-order valence-corrected chi connectivity index (χ3v) is 3.57. The number of carbonyl (C=O) groups is 1. The minimum absolute atomic E-state index is 0.0907. The summed E-state index contributed by atoms with van der Waals surface area (Å²) < 4.78 is 5.52. The van der Waals surface area contributed by atoms with Crippen LogP contribution in [-0.4, -0.2) is 66.8 Å². The molecule has 1 fully saturated rings. The number of hydrogen-bond acceptors (Lipinski definition) is 5. The molecule has 1 amide bonds. The van der Waals surface area contributed by atoms with Crippen LogP contribution in [0, 0.1) is 0 Å². The van der Waals surface area contributed by atoms with E-state index in [0.717, 1.165) is 19.5 Å². The number of amides is 1. The predicted molar refractivity (Wildman–Crippen MR) is 81.1 cm³/mol. The minimum Gasteiger partial charge on any atom is -0.489 e. The molecule has 1 atom stereocenters. The van der Waals surface area contributed by atoms with Gasteiger partial charge in [-0.1, -0.05) is 12.1 Å². The molecule has 1 aliphatic heterocycles. The Labute approximate surface area is 125 Å². The van der Waals surface area contributed by atoms with Crippen LogP contribution in [0.2, 0.25) is 0 Å². The van der Waals surface area contributed by atoms with Gasteiger partial charge in [0.25, 0.3) is 0 Å². The Morgan fingerprint density at radius 3 is 2.90 bits per heavy atom. The fraction of sp³-hybridized carbons (Fsp3) is 0.533. The van der Waals surface area contributed by atoms with Gasteiger partial charge in [0.15, 0.2) is 0 Å². The van der Waals surface area contributed by atoms with Crippen LogP contribution in [0.5, 0.6) is 5.75 Å². The van der Waals surface area contributed by atoms with Gasteiger partial charge in [-0.05, 0) is 18.6 Å². The molecule has 116 valence electrons. The largest absolute Gasteiger partial charge is 0.489 e. The number of aliphatic hydroxyl groups excluding tert-OH is 1. The van der Waals surface area contributed by atoms with Crippen molar-refractivity contribution in [2.45, 2.75) is 12.5 Å². The lowest BCUT2D eigenvalue weighted by Crippen LogP contribution is -2.40. The number of ether oxygens (including phenoxy) is 1. The third kappa shape index (κ3) is 4.61. The molecule has 0 spiro atoms. The average molecular weight is 293 g/mol. The van der Waals surface area contributed by atoms with Crippen LogP contribution >= 0.6 is 0 Å². The molecule has 0 saturated carbocycles. The summed E-state index contributed by atoms with van der Waals surface area (Å²) in [7, 11) is 1.81. The highest BCUT2D eigenvalue weighted by Crippen LogP contribution is 2.19. The van der Waals surface area contributed by atoms with Crippen molar-refractivity contribution in [2.75, 3.05) is 45.6 Å². The van der Waals surface area contributed by atoms with Crippen LogP contribution in [0.3, 0.4) is 0 Å². The molecule has 3 N–H and O–H groups in total. The molecule has 1 aliphatic rings. The summed E-state index contributed by atoms with van der Waals surface area (Å²) in [5.74, 6) is 0.663. The van der Waals surface area contributed by atoms with Gasteiger partial charge in [-0.15, -0.1) is 0 Å². The Hall–Kier alpha value is -1.79. The Morgan fingerprint density at radius 1 is 1.38 bits per heavy atom. The summed E-state index contributed by atoms with van der Waals surface area (Å²) in [6, 6.07) is 7.19. The standard InChI is InChI=1S/C15H23N3O3/c1-17-7-4-8-18(10-15(17)20)9-12(19)11-21-14-6-3-2-5-13(14)16/h2-3,5-6,12,19H,4,7-11,16H2,1H3. The number of nitrogens with zero attached hydrogens (tertiary/aromatic N) is 2. The highest BCUT2D eigenvalue weighted by Gasteiger charge is 2.21. The molecule has 6 heteroatoms. The highest BCUT2D eigenvalue weighted by molar-refractivity contribution is 5.78. The van der Waals surface area contributed by atoms with Gasteiger partial charge in [0.05, 0.1) is 12.2 Å². The highest BCUT2D eigenvalue weighted by atomic mass is 16.5. The van der Waals surface area contributed by atoms with Crippen molar-refractivity contribution in [1.82, 2.24) is 9.80 Å². The molecule has 0 bridgehead atoms. The van der Waals surface area contributed by atoms with E-state index in [1.807, 2.05) is 24.1 Å². The monoisotopic (exact) mass is 293 g/mol. The number of carbonyl (C=O) groups excluding carboxylic acids is 1. The molecule has 1 aromatic carbocycles. The smallest absolute Gasteiger partial charge is 0.236 e. The number of likely N-dealkylation sites (N-methyl/N-ethyl adjacent to an activating group) is 1. The van der Waals surface area contributed by atoms with Crippen molar-refractivity contribution in [1.29, 1.82) is 0 Å². The second kappa shape index (κ2) is 7.28. The molecule has 2 rings (SSSR count). The first-order chi connectivity index (χ1) is 10.1. The maximum absolute atomic E-state index is 11.8. The Bertz CT molecular complexity index is 481. The summed E-state index contributed by atoms with van der Waals surface area (Å²) >= 11 is 0. The van der Waals surface area contributed by atoms with Crippen LogP contribution in [0.25, 0.3) is 0 Å². The first-order valence-electron chi connectivity index (χ1n) is 7.18. The van der Waals surface area contributed by atoms with Crippen LogP contribution in [0.1, 0.15) is 6.42 Å². The zero-order chi connectivity index (χ0) is 15.2. The second-order valence-corrected chi connectivity index (χ2v) is 5.41. The van der Waals surface area contributed by atoms with Gasteiger partial charge in [0, 0.05) is 26.7 Å². The van der Waals surface area contributed by atoms with Crippen LogP contribution < -0.4 is 10.5 Å². The van der Waals surface area contributed by atoms with Crippen molar-refractivity contribution >= 4 is 11.6 Å². The van der Waals surface area contributed by atoms with E-state index < -0.39 is 6.10 Å². The molecule has 0 radical (unpaired) electrons. The van der Waals surface area contributed by atoms with Crippen molar-refractivity contribution in [2.24, 2.45) is 0 Å². The number of nitrogens with two attached hydrogens (primary N) is 1. The lowest BCUT2D eigenvalue weighted by Gasteiger charge is -2.22. The number of anilines is 1. The van der Waals surface area contributed by atoms with E-state index in [-0.39, 0.29) is 12.5 Å². The van der Waals surface area contributed by atoms with Gasteiger partial charge in [0.1, 0.15) is 18.5 Å². The van der Waals surface area contributed by atoms with Gasteiger partial charge >= 0.3 is 0 Å². The molecular weight excluding hydrogens is 270 g/mol. The number of hydrogen-bond donors (Lipinski definition) is 2. The summed E-state index contributed by atoms with van der Waals surface area (Å²) in [5, 5.41) is 10.1. The Balaban J connectivity index is 1.80. The van der Waals surface area contributed by atoms with Gasteiger partial charge < -0.3 is 20.5 Å². The number of β-amino-alcohol motifs (C(OH)–C–C–N with tert-alkyl or cyclic N) is 1. The van der Waals surface area contributed by atoms with Gasteiger partial charge in [0.2, 0.25) is 5.91 Å². The molecule has 1 saturated heterocycles. The summed E-state index contributed by atoms with van der Waals surface area (Å²) in [5.41, 5.74) is 6.33. The van der Waals surface area contributed by atoms with E-state index in [0.29, 0.717) is 24.5 Å². The Kier molecular flexibility index (Phi) is 5.41.